The van der Waals surface area contributed by atoms with Gasteiger partial charge in [-0.3, -0.25) is 5.43 Å². The van der Waals surface area contributed by atoms with Crippen molar-refractivity contribution in [3.8, 4) is 22.7 Å². The lowest BCUT2D eigenvalue weighted by Gasteiger charge is -2.03. The first-order valence-corrected chi connectivity index (χ1v) is 9.86. The Bertz CT molecular complexity index is 1170. The highest BCUT2D eigenvalue weighted by molar-refractivity contribution is 6.31. The molecule has 4 rings (SSSR count). The van der Waals surface area contributed by atoms with Gasteiger partial charge in [-0.15, -0.1) is 0 Å². The molecule has 3 aromatic carbocycles. The molecule has 6 heteroatoms. The molecule has 0 bridgehead atoms. The van der Waals surface area contributed by atoms with E-state index < -0.39 is 0 Å². The van der Waals surface area contributed by atoms with E-state index in [0.29, 0.717) is 5.02 Å². The minimum atomic E-state index is 0.700. The largest absolute Gasteiger partial charge is 0.497 e. The third-order valence-electron chi connectivity index (χ3n) is 4.70. The van der Waals surface area contributed by atoms with Crippen LogP contribution in [0, 0.1) is 6.92 Å². The number of nitrogens with zero attached hydrogens (tertiary/aromatic N) is 3. The van der Waals surface area contributed by atoms with Crippen LogP contribution in [-0.2, 0) is 0 Å². The van der Waals surface area contributed by atoms with Crippen molar-refractivity contribution in [3.63, 3.8) is 0 Å². The van der Waals surface area contributed by atoms with Crippen LogP contribution in [0.15, 0.2) is 84.1 Å². The molecule has 0 aliphatic carbocycles. The third kappa shape index (κ3) is 4.36. The Morgan fingerprint density at radius 2 is 1.80 bits per heavy atom. The summed E-state index contributed by atoms with van der Waals surface area (Å²) in [5, 5.41) is 9.89. The zero-order valence-electron chi connectivity index (χ0n) is 16.7. The number of para-hydroxylation sites is 1. The van der Waals surface area contributed by atoms with Crippen molar-refractivity contribution in [3.05, 3.63) is 95.1 Å². The molecular formula is C24H21ClN4O. The summed E-state index contributed by atoms with van der Waals surface area (Å²) >= 11 is 6.20. The molecule has 0 atom stereocenters. The number of rotatable bonds is 6. The molecule has 1 N–H and O–H groups in total. The van der Waals surface area contributed by atoms with E-state index in [1.165, 1.54) is 0 Å². The van der Waals surface area contributed by atoms with E-state index in [2.05, 4.69) is 10.5 Å². The molecule has 0 aliphatic rings. The van der Waals surface area contributed by atoms with Crippen molar-refractivity contribution in [2.75, 3.05) is 12.5 Å². The van der Waals surface area contributed by atoms with Crippen molar-refractivity contribution in [2.24, 2.45) is 5.10 Å². The van der Waals surface area contributed by atoms with Gasteiger partial charge in [-0.2, -0.15) is 10.2 Å². The quantitative estimate of drug-likeness (QED) is 0.312. The Kier molecular flexibility index (Phi) is 5.82. The van der Waals surface area contributed by atoms with Gasteiger partial charge in [0.25, 0.3) is 0 Å². The second-order valence-electron chi connectivity index (χ2n) is 6.78. The molecule has 0 radical (unpaired) electrons. The summed E-state index contributed by atoms with van der Waals surface area (Å²) in [6.45, 7) is 1.97. The Morgan fingerprint density at radius 1 is 1.03 bits per heavy atom. The summed E-state index contributed by atoms with van der Waals surface area (Å²) in [5.41, 5.74) is 8.55. The van der Waals surface area contributed by atoms with Gasteiger partial charge in [0.2, 0.25) is 0 Å². The van der Waals surface area contributed by atoms with Gasteiger partial charge in [0.05, 0.1) is 24.7 Å². The molecule has 150 valence electrons. The fourth-order valence-electron chi connectivity index (χ4n) is 3.01. The van der Waals surface area contributed by atoms with Crippen LogP contribution in [0.2, 0.25) is 5.02 Å². The molecular weight excluding hydrogens is 396 g/mol. The van der Waals surface area contributed by atoms with E-state index in [9.17, 15) is 0 Å². The average molecular weight is 417 g/mol. The van der Waals surface area contributed by atoms with E-state index in [0.717, 1.165) is 39.5 Å². The van der Waals surface area contributed by atoms with Crippen molar-refractivity contribution < 1.29 is 4.74 Å². The summed E-state index contributed by atoms with van der Waals surface area (Å²) in [5.74, 6) is 0.800. The predicted octanol–water partition coefficient (Wildman–Crippen LogP) is 5.96. The number of hydrogen-bond acceptors (Lipinski definition) is 4. The maximum Gasteiger partial charge on any atom is 0.118 e. The molecule has 1 aromatic heterocycles. The van der Waals surface area contributed by atoms with E-state index in [-0.39, 0.29) is 0 Å². The van der Waals surface area contributed by atoms with E-state index >= 15 is 0 Å². The lowest BCUT2D eigenvalue weighted by Crippen LogP contribution is -1.94. The van der Waals surface area contributed by atoms with Gasteiger partial charge < -0.3 is 4.74 Å². The molecule has 0 saturated carbocycles. The molecule has 0 saturated heterocycles. The molecule has 0 unspecified atom stereocenters. The first-order chi connectivity index (χ1) is 14.6. The highest BCUT2D eigenvalue weighted by Gasteiger charge is 2.11. The minimum absolute atomic E-state index is 0.700. The molecule has 1 heterocycles. The number of aromatic nitrogens is 2. The summed E-state index contributed by atoms with van der Waals surface area (Å²) in [6.07, 6.45) is 3.72. The summed E-state index contributed by atoms with van der Waals surface area (Å²) < 4.78 is 7.12. The topological polar surface area (TPSA) is 51.4 Å². The van der Waals surface area contributed by atoms with Crippen molar-refractivity contribution in [1.29, 1.82) is 0 Å². The maximum absolute atomic E-state index is 6.20. The standard InChI is InChI=1S/C24H21ClN4O/c1-17-8-11-20(14-23(17)25)27-26-15-19-16-29(21-6-4-3-5-7-21)28-24(19)18-9-12-22(30-2)13-10-18/h3-16,27H,1-2H3/b26-15+. The predicted molar refractivity (Wildman–Crippen MR) is 123 cm³/mol. The van der Waals surface area contributed by atoms with Gasteiger partial charge in [0.15, 0.2) is 0 Å². The lowest BCUT2D eigenvalue weighted by atomic mass is 10.1. The van der Waals surface area contributed by atoms with Gasteiger partial charge >= 0.3 is 0 Å². The van der Waals surface area contributed by atoms with Crippen molar-refractivity contribution in [1.82, 2.24) is 9.78 Å². The lowest BCUT2D eigenvalue weighted by molar-refractivity contribution is 0.415. The number of ether oxygens (including phenoxy) is 1. The van der Waals surface area contributed by atoms with Gasteiger partial charge in [-0.25, -0.2) is 4.68 Å². The Balaban J connectivity index is 1.67. The summed E-state index contributed by atoms with van der Waals surface area (Å²) in [4.78, 5) is 0. The Morgan fingerprint density at radius 3 is 2.50 bits per heavy atom. The van der Waals surface area contributed by atoms with Gasteiger partial charge in [0.1, 0.15) is 11.4 Å². The number of hydrogen-bond donors (Lipinski definition) is 1. The minimum Gasteiger partial charge on any atom is -0.497 e. The van der Waals surface area contributed by atoms with Crippen LogP contribution < -0.4 is 10.2 Å². The van der Waals surface area contributed by atoms with Crippen LogP contribution in [-0.4, -0.2) is 23.1 Å². The SMILES string of the molecule is COc1ccc(-c2nn(-c3ccccc3)cc2/C=N/Nc2ccc(C)c(Cl)c2)cc1. The Hall–Kier alpha value is -3.57. The number of benzene rings is 3. The number of hydrazone groups is 1. The molecule has 0 amide bonds. The van der Waals surface area contributed by atoms with Gasteiger partial charge in [-0.1, -0.05) is 35.9 Å². The number of methoxy groups -OCH3 is 1. The Labute approximate surface area is 180 Å². The summed E-state index contributed by atoms with van der Waals surface area (Å²) in [7, 11) is 1.65. The average Bonchev–Trinajstić information content (AvgIpc) is 3.21. The van der Waals surface area contributed by atoms with Crippen LogP contribution >= 0.6 is 11.6 Å². The second-order valence-corrected chi connectivity index (χ2v) is 7.18. The maximum atomic E-state index is 6.20. The van der Waals surface area contributed by atoms with Crippen LogP contribution in [0.3, 0.4) is 0 Å². The number of halogens is 1. The van der Waals surface area contributed by atoms with E-state index in [1.54, 1.807) is 13.3 Å². The van der Waals surface area contributed by atoms with E-state index in [1.807, 2.05) is 90.6 Å². The van der Waals surface area contributed by atoms with Crippen molar-refractivity contribution in [2.45, 2.75) is 6.92 Å². The molecule has 30 heavy (non-hydrogen) atoms. The highest BCUT2D eigenvalue weighted by Crippen LogP contribution is 2.25. The van der Waals surface area contributed by atoms with E-state index in [4.69, 9.17) is 21.4 Å². The molecule has 0 fully saturated rings. The van der Waals surface area contributed by atoms with Crippen LogP contribution in [0.25, 0.3) is 16.9 Å². The third-order valence-corrected chi connectivity index (χ3v) is 5.10. The fraction of sp³-hybridized carbons (Fsp3) is 0.0833. The van der Waals surface area contributed by atoms with Crippen LogP contribution in [0.4, 0.5) is 5.69 Å². The number of aryl methyl sites for hydroxylation is 1. The zero-order chi connectivity index (χ0) is 20.9. The smallest absolute Gasteiger partial charge is 0.118 e. The monoisotopic (exact) mass is 416 g/mol. The highest BCUT2D eigenvalue weighted by atomic mass is 35.5. The van der Waals surface area contributed by atoms with Crippen LogP contribution in [0.1, 0.15) is 11.1 Å². The zero-order valence-corrected chi connectivity index (χ0v) is 17.5. The van der Waals surface area contributed by atoms with Gasteiger partial charge in [0, 0.05) is 22.3 Å². The number of nitrogens with one attached hydrogen (secondary N) is 1. The summed E-state index contributed by atoms with van der Waals surface area (Å²) in [6, 6.07) is 23.5. The fourth-order valence-corrected chi connectivity index (χ4v) is 3.19. The molecule has 5 nitrogen and oxygen atoms in total. The normalized spacial score (nSPS) is 11.0. The first-order valence-electron chi connectivity index (χ1n) is 9.49. The first kappa shape index (κ1) is 19.7. The molecule has 0 spiro atoms. The van der Waals surface area contributed by atoms with Gasteiger partial charge in [-0.05, 0) is 61.0 Å². The number of anilines is 1. The van der Waals surface area contributed by atoms with Crippen molar-refractivity contribution >= 4 is 23.5 Å². The van der Waals surface area contributed by atoms with Crippen LogP contribution in [0.5, 0.6) is 5.75 Å². The second kappa shape index (κ2) is 8.84. The molecule has 4 aromatic rings. The molecule has 0 aliphatic heterocycles.